The van der Waals surface area contributed by atoms with E-state index in [-0.39, 0.29) is 10.6 Å². The quantitative estimate of drug-likeness (QED) is 0.600. The molecule has 2 aromatic carbocycles. The molecule has 140 valence electrons. The lowest BCUT2D eigenvalue weighted by Gasteiger charge is -2.13. The van der Waals surface area contributed by atoms with Crippen LogP contribution in [0, 0.1) is 12.7 Å². The first-order valence-corrected chi connectivity index (χ1v) is 8.44. The molecular weight excluding hydrogens is 384 g/mol. The van der Waals surface area contributed by atoms with Crippen molar-refractivity contribution < 1.29 is 27.1 Å². The molecule has 0 spiro atoms. The molecule has 0 unspecified atom stereocenters. The first kappa shape index (κ1) is 18.8. The van der Waals surface area contributed by atoms with Gasteiger partial charge in [-0.05, 0) is 43.3 Å². The van der Waals surface area contributed by atoms with Crippen LogP contribution in [0.1, 0.15) is 15.4 Å². The van der Waals surface area contributed by atoms with Gasteiger partial charge in [0.1, 0.15) is 15.7 Å². The van der Waals surface area contributed by atoms with E-state index in [1.807, 2.05) is 0 Å². The number of carbonyl (C=O) groups excluding carboxylic acids is 1. The molecule has 1 aromatic heterocycles. The second-order valence-electron chi connectivity index (χ2n) is 5.44. The number of alkyl halides is 3. The molecule has 0 fully saturated rings. The molecule has 0 aliphatic carbocycles. The zero-order valence-electron chi connectivity index (χ0n) is 13.8. The summed E-state index contributed by atoms with van der Waals surface area (Å²) in [5, 5.41) is 2.91. The third-order valence-corrected chi connectivity index (χ3v) is 4.66. The van der Waals surface area contributed by atoms with Crippen molar-refractivity contribution >= 4 is 22.9 Å². The van der Waals surface area contributed by atoms with E-state index in [1.165, 1.54) is 42.5 Å². The van der Waals surface area contributed by atoms with Gasteiger partial charge in [-0.2, -0.15) is 0 Å². The van der Waals surface area contributed by atoms with Crippen LogP contribution in [0.2, 0.25) is 0 Å². The van der Waals surface area contributed by atoms with Crippen molar-refractivity contribution in [3.63, 3.8) is 0 Å². The number of nitrogens with zero attached hydrogens (tertiary/aromatic N) is 1. The maximum Gasteiger partial charge on any atom is 0.573 e. The monoisotopic (exact) mass is 396 g/mol. The summed E-state index contributed by atoms with van der Waals surface area (Å²) >= 11 is 1.06. The Morgan fingerprint density at radius 2 is 1.78 bits per heavy atom. The Kier molecular flexibility index (Phi) is 5.13. The lowest BCUT2D eigenvalue weighted by atomic mass is 10.2. The highest BCUT2D eigenvalue weighted by molar-refractivity contribution is 7.17. The Balaban J connectivity index is 1.85. The molecule has 0 bridgehead atoms. The minimum absolute atomic E-state index is 0.115. The number of halogens is 4. The average Bonchev–Trinajstić information content (AvgIpc) is 2.98. The van der Waals surface area contributed by atoms with Gasteiger partial charge in [-0.1, -0.05) is 12.1 Å². The minimum atomic E-state index is -4.88. The summed E-state index contributed by atoms with van der Waals surface area (Å²) in [6.07, 6.45) is -4.88. The number of aryl methyl sites for hydroxylation is 1. The number of amides is 1. The van der Waals surface area contributed by atoms with E-state index in [0.717, 1.165) is 17.4 Å². The van der Waals surface area contributed by atoms with Gasteiger partial charge >= 0.3 is 6.36 Å². The van der Waals surface area contributed by atoms with Crippen molar-refractivity contribution in [2.45, 2.75) is 13.3 Å². The van der Waals surface area contributed by atoms with Crippen LogP contribution >= 0.6 is 11.3 Å². The predicted molar refractivity (Wildman–Crippen MR) is 93.3 cm³/mol. The number of para-hydroxylation sites is 2. The largest absolute Gasteiger partial charge is 0.573 e. The molecule has 4 nitrogen and oxygen atoms in total. The number of carbonyl (C=O) groups is 1. The maximum atomic E-state index is 13.0. The third-order valence-electron chi connectivity index (χ3n) is 3.45. The fraction of sp³-hybridized carbons (Fsp3) is 0.111. The molecule has 3 rings (SSSR count). The Labute approximate surface area is 155 Å². The molecule has 1 N–H and O–H groups in total. The van der Waals surface area contributed by atoms with Gasteiger partial charge in [0.15, 0.2) is 5.75 Å². The number of hydrogen-bond acceptors (Lipinski definition) is 4. The van der Waals surface area contributed by atoms with E-state index in [2.05, 4.69) is 15.0 Å². The standard InChI is InChI=1S/C18H12F4N2O2S/c1-10-15(27-17(23-10)11-6-8-12(19)9-7-11)16(25)24-13-4-2-3-5-14(13)26-18(20,21)22/h2-9H,1H3,(H,24,25). The van der Waals surface area contributed by atoms with Gasteiger partial charge in [0, 0.05) is 5.56 Å². The number of benzene rings is 2. The van der Waals surface area contributed by atoms with Crippen LogP contribution in [0.5, 0.6) is 5.75 Å². The Morgan fingerprint density at radius 1 is 1.11 bits per heavy atom. The summed E-state index contributed by atoms with van der Waals surface area (Å²) in [5.74, 6) is -1.53. The van der Waals surface area contributed by atoms with Gasteiger partial charge in [0.25, 0.3) is 5.91 Å². The van der Waals surface area contributed by atoms with Gasteiger partial charge in [-0.25, -0.2) is 9.37 Å². The smallest absolute Gasteiger partial charge is 0.404 e. The Hall–Kier alpha value is -2.94. The van der Waals surface area contributed by atoms with E-state index < -0.39 is 23.8 Å². The van der Waals surface area contributed by atoms with Crippen molar-refractivity contribution in [3.8, 4) is 16.3 Å². The molecule has 0 saturated heterocycles. The molecule has 9 heteroatoms. The van der Waals surface area contributed by atoms with Crippen LogP contribution in [0.3, 0.4) is 0 Å². The predicted octanol–water partition coefficient (Wildman–Crippen LogP) is 5.41. The highest BCUT2D eigenvalue weighted by Gasteiger charge is 2.32. The van der Waals surface area contributed by atoms with Gasteiger partial charge in [0.2, 0.25) is 0 Å². The first-order chi connectivity index (χ1) is 12.7. The van der Waals surface area contributed by atoms with Crippen molar-refractivity contribution in [3.05, 3.63) is 64.9 Å². The SMILES string of the molecule is Cc1nc(-c2ccc(F)cc2)sc1C(=O)Nc1ccccc1OC(F)(F)F. The summed E-state index contributed by atoms with van der Waals surface area (Å²) < 4.78 is 54.4. The third kappa shape index (κ3) is 4.62. The average molecular weight is 396 g/mol. The minimum Gasteiger partial charge on any atom is -0.404 e. The fourth-order valence-electron chi connectivity index (χ4n) is 2.29. The summed E-state index contributed by atoms with van der Waals surface area (Å²) in [4.78, 5) is 17.0. The number of nitrogens with one attached hydrogen (secondary N) is 1. The second-order valence-corrected chi connectivity index (χ2v) is 6.44. The normalized spacial score (nSPS) is 11.3. The molecule has 1 heterocycles. The van der Waals surface area contributed by atoms with E-state index in [1.54, 1.807) is 6.92 Å². The van der Waals surface area contributed by atoms with Crippen molar-refractivity contribution in [1.29, 1.82) is 0 Å². The topological polar surface area (TPSA) is 51.2 Å². The number of aromatic nitrogens is 1. The molecule has 0 aliphatic heterocycles. The first-order valence-electron chi connectivity index (χ1n) is 7.62. The number of ether oxygens (including phenoxy) is 1. The molecule has 27 heavy (non-hydrogen) atoms. The molecule has 0 saturated carbocycles. The number of anilines is 1. The van der Waals surface area contributed by atoms with Crippen LogP contribution in [0.15, 0.2) is 48.5 Å². The van der Waals surface area contributed by atoms with E-state index in [0.29, 0.717) is 16.3 Å². The van der Waals surface area contributed by atoms with E-state index >= 15 is 0 Å². The van der Waals surface area contributed by atoms with Gasteiger partial charge in [0.05, 0.1) is 11.4 Å². The second kappa shape index (κ2) is 7.36. The van der Waals surface area contributed by atoms with Crippen LogP contribution in [0.4, 0.5) is 23.2 Å². The fourth-order valence-corrected chi connectivity index (χ4v) is 3.25. The summed E-state index contributed by atoms with van der Waals surface area (Å²) in [6, 6.07) is 10.9. The molecule has 0 radical (unpaired) electrons. The zero-order chi connectivity index (χ0) is 19.6. The Morgan fingerprint density at radius 3 is 2.44 bits per heavy atom. The van der Waals surface area contributed by atoms with Crippen LogP contribution in [-0.4, -0.2) is 17.3 Å². The molecule has 0 atom stereocenters. The van der Waals surface area contributed by atoms with Crippen LogP contribution in [-0.2, 0) is 0 Å². The number of hydrogen-bond donors (Lipinski definition) is 1. The summed E-state index contributed by atoms with van der Waals surface area (Å²) in [6.45, 7) is 1.61. The highest BCUT2D eigenvalue weighted by atomic mass is 32.1. The van der Waals surface area contributed by atoms with Crippen molar-refractivity contribution in [2.75, 3.05) is 5.32 Å². The lowest BCUT2D eigenvalue weighted by Crippen LogP contribution is -2.19. The highest BCUT2D eigenvalue weighted by Crippen LogP contribution is 2.32. The zero-order valence-corrected chi connectivity index (χ0v) is 14.6. The maximum absolute atomic E-state index is 13.0. The van der Waals surface area contributed by atoms with Gasteiger partial charge in [-0.3, -0.25) is 4.79 Å². The van der Waals surface area contributed by atoms with Crippen LogP contribution < -0.4 is 10.1 Å². The number of thiazole rings is 1. The van der Waals surface area contributed by atoms with Crippen molar-refractivity contribution in [2.24, 2.45) is 0 Å². The van der Waals surface area contributed by atoms with Gasteiger partial charge in [-0.15, -0.1) is 24.5 Å². The molecule has 1 amide bonds. The lowest BCUT2D eigenvalue weighted by molar-refractivity contribution is -0.274. The van der Waals surface area contributed by atoms with E-state index in [4.69, 9.17) is 0 Å². The van der Waals surface area contributed by atoms with Gasteiger partial charge < -0.3 is 10.1 Å². The van der Waals surface area contributed by atoms with E-state index in [9.17, 15) is 22.4 Å². The Bertz CT molecular complexity index is 968. The van der Waals surface area contributed by atoms with Crippen LogP contribution in [0.25, 0.3) is 10.6 Å². The molecular formula is C18H12F4N2O2S. The summed E-state index contributed by atoms with van der Waals surface area (Å²) in [5.41, 5.74) is 0.923. The number of rotatable bonds is 4. The molecule has 3 aromatic rings. The summed E-state index contributed by atoms with van der Waals surface area (Å²) in [7, 11) is 0. The molecule has 0 aliphatic rings. The van der Waals surface area contributed by atoms with Crippen molar-refractivity contribution in [1.82, 2.24) is 4.98 Å².